The summed E-state index contributed by atoms with van der Waals surface area (Å²) in [5.74, 6) is 2.11. The van der Waals surface area contributed by atoms with E-state index in [4.69, 9.17) is 19.4 Å². The minimum Gasteiger partial charge on any atom is -0.486 e. The highest BCUT2D eigenvalue weighted by Crippen LogP contribution is 2.39. The lowest BCUT2D eigenvalue weighted by molar-refractivity contribution is -0.130. The van der Waals surface area contributed by atoms with Crippen LogP contribution in [0.15, 0.2) is 30.5 Å². The number of likely N-dealkylation sites (tertiary alicyclic amines) is 1. The molecule has 8 heteroatoms. The van der Waals surface area contributed by atoms with E-state index >= 15 is 0 Å². The molecule has 1 fully saturated rings. The molecular weight excluding hydrogens is 408 g/mol. The fraction of sp³-hybridized carbons (Fsp3) is 0.375. The molecule has 1 aliphatic carbocycles. The predicted molar refractivity (Wildman–Crippen MR) is 118 cm³/mol. The number of rotatable bonds is 2. The monoisotopic (exact) mass is 432 g/mol. The summed E-state index contributed by atoms with van der Waals surface area (Å²) in [6.07, 6.45) is 7.80. The molecule has 2 aliphatic heterocycles. The zero-order valence-corrected chi connectivity index (χ0v) is 17.8. The van der Waals surface area contributed by atoms with Crippen LogP contribution in [0.3, 0.4) is 0 Å². The predicted octanol–water partition coefficient (Wildman–Crippen LogP) is 2.78. The number of benzene rings is 1. The lowest BCUT2D eigenvalue weighted by atomic mass is 10.1. The Bertz CT molecular complexity index is 1260. The van der Waals surface area contributed by atoms with Crippen molar-refractivity contribution in [3.05, 3.63) is 47.7 Å². The molecule has 3 aromatic rings. The second-order valence-corrected chi connectivity index (χ2v) is 8.51. The molecule has 0 saturated carbocycles. The Morgan fingerprint density at radius 3 is 2.91 bits per heavy atom. The number of allylic oxidation sites excluding steroid dienone is 1. The number of β-amino-alcohol motifs (C(OH)–C–C–N with tert-alkyl or cyclic N) is 1. The number of carbonyl (C=O) groups is 1. The summed E-state index contributed by atoms with van der Waals surface area (Å²) in [6, 6.07) is 5.52. The summed E-state index contributed by atoms with van der Waals surface area (Å²) in [5, 5.41) is 10.4. The Hall–Kier alpha value is -3.39. The van der Waals surface area contributed by atoms with Gasteiger partial charge in [0.2, 0.25) is 5.91 Å². The lowest BCUT2D eigenvalue weighted by Gasteiger charge is -2.23. The van der Waals surface area contributed by atoms with Crippen molar-refractivity contribution < 1.29 is 19.4 Å². The Kier molecular flexibility index (Phi) is 4.43. The zero-order chi connectivity index (χ0) is 21.8. The van der Waals surface area contributed by atoms with Crippen LogP contribution < -0.4 is 9.47 Å². The highest BCUT2D eigenvalue weighted by molar-refractivity contribution is 5.81. The van der Waals surface area contributed by atoms with Gasteiger partial charge in [-0.3, -0.25) is 14.2 Å². The third kappa shape index (κ3) is 2.97. The first kappa shape index (κ1) is 19.3. The van der Waals surface area contributed by atoms with Crippen LogP contribution in [0.4, 0.5) is 0 Å². The summed E-state index contributed by atoms with van der Waals surface area (Å²) < 4.78 is 13.6. The molecular formula is C24H24N4O4. The van der Waals surface area contributed by atoms with Gasteiger partial charge in [0.1, 0.15) is 19.0 Å². The van der Waals surface area contributed by atoms with Crippen LogP contribution in [0.1, 0.15) is 43.0 Å². The summed E-state index contributed by atoms with van der Waals surface area (Å²) >= 11 is 0. The molecule has 6 rings (SSSR count). The van der Waals surface area contributed by atoms with Crippen molar-refractivity contribution in [2.24, 2.45) is 0 Å². The van der Waals surface area contributed by atoms with Crippen molar-refractivity contribution in [3.63, 3.8) is 0 Å². The molecule has 2 atom stereocenters. The SMILES string of the molecule is CC(=O)N1C[C@H](O)C[C@@H]1c1nc(-c2ccc3c(c2)OCCO3)c2cnc3c(n12)C=CCC3. The van der Waals surface area contributed by atoms with Gasteiger partial charge >= 0.3 is 0 Å². The highest BCUT2D eigenvalue weighted by Gasteiger charge is 2.37. The molecule has 3 aliphatic rings. The van der Waals surface area contributed by atoms with Gasteiger partial charge in [0.05, 0.1) is 40.9 Å². The van der Waals surface area contributed by atoms with Crippen LogP contribution in [0.25, 0.3) is 22.9 Å². The fourth-order valence-corrected chi connectivity index (χ4v) is 4.97. The molecule has 0 spiro atoms. The number of ether oxygens (including phenoxy) is 2. The highest BCUT2D eigenvalue weighted by atomic mass is 16.6. The van der Waals surface area contributed by atoms with Gasteiger partial charge in [0, 0.05) is 25.5 Å². The number of carbonyl (C=O) groups excluding carboxylic acids is 1. The topological polar surface area (TPSA) is 89.2 Å². The van der Waals surface area contributed by atoms with Gasteiger partial charge in [-0.25, -0.2) is 4.98 Å². The number of aromatic nitrogens is 3. The fourth-order valence-electron chi connectivity index (χ4n) is 4.97. The first-order valence-corrected chi connectivity index (χ1v) is 11.0. The first-order valence-electron chi connectivity index (χ1n) is 11.0. The van der Waals surface area contributed by atoms with Crippen LogP contribution in [0.5, 0.6) is 11.5 Å². The van der Waals surface area contributed by atoms with Gasteiger partial charge in [0.15, 0.2) is 11.5 Å². The number of imidazole rings is 1. The third-order valence-electron chi connectivity index (χ3n) is 6.44. The largest absolute Gasteiger partial charge is 0.486 e. The molecule has 4 heterocycles. The molecule has 0 bridgehead atoms. The van der Waals surface area contributed by atoms with Gasteiger partial charge in [-0.1, -0.05) is 6.08 Å². The van der Waals surface area contributed by atoms with Crippen molar-refractivity contribution in [1.82, 2.24) is 19.3 Å². The molecule has 1 N–H and O–H groups in total. The van der Waals surface area contributed by atoms with E-state index in [0.29, 0.717) is 31.9 Å². The molecule has 1 saturated heterocycles. The Morgan fingerprint density at radius 2 is 2.06 bits per heavy atom. The van der Waals surface area contributed by atoms with Crippen molar-refractivity contribution in [3.8, 4) is 22.8 Å². The number of aliphatic hydroxyl groups excluding tert-OH is 1. The maximum atomic E-state index is 12.4. The second-order valence-electron chi connectivity index (χ2n) is 8.51. The van der Waals surface area contributed by atoms with Gasteiger partial charge in [-0.2, -0.15) is 0 Å². The number of hydrogen-bond donors (Lipinski definition) is 1. The van der Waals surface area contributed by atoms with Gasteiger partial charge in [-0.05, 0) is 37.1 Å². The molecule has 0 unspecified atom stereocenters. The standard InChI is InChI=1S/C24H24N4O4/c1-14(29)27-13-16(30)11-19(27)24-26-23(15-6-7-21-22(10-15)32-9-8-31-21)20-12-25-17-4-2-3-5-18(17)28(20)24/h3,5-7,10,12,16,19,30H,2,4,8-9,11,13H2,1H3/t16-,19-/m1/s1. The molecule has 0 radical (unpaired) electrons. The average molecular weight is 432 g/mol. The smallest absolute Gasteiger partial charge is 0.220 e. The number of nitrogens with zero attached hydrogens (tertiary/aromatic N) is 4. The van der Waals surface area contributed by atoms with E-state index in [-0.39, 0.29) is 11.9 Å². The van der Waals surface area contributed by atoms with E-state index < -0.39 is 6.10 Å². The first-order chi connectivity index (χ1) is 15.6. The van der Waals surface area contributed by atoms with Crippen molar-refractivity contribution in [1.29, 1.82) is 0 Å². The van der Waals surface area contributed by atoms with Gasteiger partial charge in [0.25, 0.3) is 0 Å². The summed E-state index contributed by atoms with van der Waals surface area (Å²) in [4.78, 5) is 23.9. The Morgan fingerprint density at radius 1 is 1.22 bits per heavy atom. The Labute approximate surface area is 185 Å². The Balaban J connectivity index is 1.58. The summed E-state index contributed by atoms with van der Waals surface area (Å²) in [7, 11) is 0. The third-order valence-corrected chi connectivity index (χ3v) is 6.44. The second kappa shape index (κ2) is 7.34. The minimum absolute atomic E-state index is 0.0670. The number of fused-ring (bicyclic) bond motifs is 4. The quantitative estimate of drug-likeness (QED) is 0.670. The van der Waals surface area contributed by atoms with Crippen LogP contribution in [-0.2, 0) is 11.2 Å². The van der Waals surface area contributed by atoms with Crippen molar-refractivity contribution in [2.45, 2.75) is 38.3 Å². The number of amides is 1. The number of aryl methyl sites for hydroxylation is 1. The van der Waals surface area contributed by atoms with Crippen LogP contribution in [0, 0.1) is 0 Å². The normalized spacial score (nSPS) is 21.8. The zero-order valence-electron chi connectivity index (χ0n) is 17.8. The van der Waals surface area contributed by atoms with E-state index in [0.717, 1.165) is 52.6 Å². The molecule has 32 heavy (non-hydrogen) atoms. The maximum Gasteiger partial charge on any atom is 0.220 e. The molecule has 2 aromatic heterocycles. The minimum atomic E-state index is -0.567. The van der Waals surface area contributed by atoms with E-state index in [2.05, 4.69) is 16.6 Å². The van der Waals surface area contributed by atoms with E-state index in [9.17, 15) is 9.90 Å². The van der Waals surface area contributed by atoms with Crippen molar-refractivity contribution >= 4 is 17.5 Å². The van der Waals surface area contributed by atoms with Gasteiger partial charge in [-0.15, -0.1) is 0 Å². The van der Waals surface area contributed by atoms with Crippen molar-refractivity contribution in [2.75, 3.05) is 19.8 Å². The number of aliphatic hydroxyl groups is 1. The average Bonchev–Trinajstić information content (AvgIpc) is 3.39. The van der Waals surface area contributed by atoms with Crippen LogP contribution in [0.2, 0.25) is 0 Å². The number of hydrogen-bond acceptors (Lipinski definition) is 6. The van der Waals surface area contributed by atoms with Crippen LogP contribution in [-0.4, -0.2) is 56.1 Å². The van der Waals surface area contributed by atoms with Crippen LogP contribution >= 0.6 is 0 Å². The van der Waals surface area contributed by atoms with E-state index in [1.807, 2.05) is 24.4 Å². The molecule has 164 valence electrons. The van der Waals surface area contributed by atoms with Gasteiger partial charge < -0.3 is 19.5 Å². The molecule has 8 nitrogen and oxygen atoms in total. The van der Waals surface area contributed by atoms with E-state index in [1.54, 1.807) is 11.8 Å². The molecule has 1 aromatic carbocycles. The lowest BCUT2D eigenvalue weighted by Crippen LogP contribution is -2.30. The summed E-state index contributed by atoms with van der Waals surface area (Å²) in [5.41, 5.74) is 4.54. The van der Waals surface area contributed by atoms with E-state index in [1.165, 1.54) is 0 Å². The maximum absolute atomic E-state index is 12.4. The molecule has 1 amide bonds. The summed E-state index contributed by atoms with van der Waals surface area (Å²) in [6.45, 7) is 2.91.